The number of carbonyl (C=O) groups excluding carboxylic acids is 1. The van der Waals surface area contributed by atoms with Gasteiger partial charge in [-0.15, -0.1) is 0 Å². The lowest BCUT2D eigenvalue weighted by atomic mass is 10.1. The zero-order chi connectivity index (χ0) is 15.1. The number of hydrogen-bond donors (Lipinski definition) is 1. The highest BCUT2D eigenvalue weighted by Gasteiger charge is 2.31. The monoisotopic (exact) mass is 285 g/mol. The Kier molecular flexibility index (Phi) is 7.48. The van der Waals surface area contributed by atoms with E-state index in [1.165, 1.54) is 7.11 Å². The Morgan fingerprint density at radius 3 is 2.65 bits per heavy atom. The predicted octanol–water partition coefficient (Wildman–Crippen LogP) is 0.800. The van der Waals surface area contributed by atoms with E-state index < -0.39 is 0 Å². The van der Waals surface area contributed by atoms with Crippen LogP contribution in [0, 0.1) is 5.92 Å². The van der Waals surface area contributed by atoms with Gasteiger partial charge in [-0.2, -0.15) is 0 Å². The van der Waals surface area contributed by atoms with Crippen LogP contribution >= 0.6 is 0 Å². The lowest BCUT2D eigenvalue weighted by Gasteiger charge is -2.23. The highest BCUT2D eigenvalue weighted by atomic mass is 16.5. The van der Waals surface area contributed by atoms with Crippen molar-refractivity contribution in [3.8, 4) is 0 Å². The van der Waals surface area contributed by atoms with Crippen molar-refractivity contribution < 1.29 is 9.53 Å². The van der Waals surface area contributed by atoms with Crippen molar-refractivity contribution >= 4 is 5.97 Å². The fourth-order valence-electron chi connectivity index (χ4n) is 2.98. The Hall–Kier alpha value is -0.650. The lowest BCUT2D eigenvalue weighted by molar-refractivity contribution is -0.143. The summed E-state index contributed by atoms with van der Waals surface area (Å²) in [6, 6.07) is 0.448. The smallest absolute Gasteiger partial charge is 0.322 e. The predicted molar refractivity (Wildman–Crippen MR) is 81.8 cm³/mol. The van der Waals surface area contributed by atoms with Crippen LogP contribution in [0.15, 0.2) is 0 Å². The van der Waals surface area contributed by atoms with Crippen molar-refractivity contribution in [2.75, 3.05) is 47.4 Å². The zero-order valence-electron chi connectivity index (χ0n) is 13.7. The van der Waals surface area contributed by atoms with Gasteiger partial charge < -0.3 is 19.9 Å². The molecule has 1 rings (SSSR count). The maximum Gasteiger partial charge on any atom is 0.322 e. The number of carbonyl (C=O) groups is 1. The van der Waals surface area contributed by atoms with Crippen molar-refractivity contribution in [1.82, 2.24) is 15.1 Å². The second-order valence-electron chi connectivity index (χ2n) is 6.09. The van der Waals surface area contributed by atoms with E-state index >= 15 is 0 Å². The molecule has 0 aromatic rings. The molecule has 0 aliphatic carbocycles. The van der Waals surface area contributed by atoms with Crippen LogP contribution in [0.4, 0.5) is 0 Å². The van der Waals surface area contributed by atoms with Gasteiger partial charge in [0.15, 0.2) is 0 Å². The molecule has 1 fully saturated rings. The van der Waals surface area contributed by atoms with E-state index in [4.69, 9.17) is 4.74 Å². The van der Waals surface area contributed by atoms with Crippen LogP contribution in [0.3, 0.4) is 0 Å². The van der Waals surface area contributed by atoms with Crippen LogP contribution in [0.2, 0.25) is 0 Å². The Morgan fingerprint density at radius 2 is 2.15 bits per heavy atom. The molecule has 5 heteroatoms. The van der Waals surface area contributed by atoms with Crippen LogP contribution < -0.4 is 5.32 Å². The number of nitrogens with one attached hydrogen (secondary N) is 1. The van der Waals surface area contributed by atoms with Crippen LogP contribution in [-0.4, -0.2) is 75.2 Å². The van der Waals surface area contributed by atoms with E-state index in [0.29, 0.717) is 12.0 Å². The molecule has 0 aromatic carbocycles. The van der Waals surface area contributed by atoms with Gasteiger partial charge in [0.1, 0.15) is 6.04 Å². The van der Waals surface area contributed by atoms with E-state index in [-0.39, 0.29) is 12.0 Å². The largest absolute Gasteiger partial charge is 0.468 e. The number of likely N-dealkylation sites (tertiary alicyclic amines) is 1. The second kappa shape index (κ2) is 8.60. The molecule has 3 atom stereocenters. The molecule has 3 unspecified atom stereocenters. The number of esters is 1. The first-order chi connectivity index (χ1) is 9.49. The first kappa shape index (κ1) is 17.4. The molecule has 1 heterocycles. The number of likely N-dealkylation sites (N-methyl/N-ethyl adjacent to an activating group) is 1. The summed E-state index contributed by atoms with van der Waals surface area (Å²) in [5.41, 5.74) is 0. The molecule has 118 valence electrons. The number of hydrogen-bond acceptors (Lipinski definition) is 5. The average molecular weight is 285 g/mol. The summed E-state index contributed by atoms with van der Waals surface area (Å²) in [5, 5.41) is 3.28. The summed E-state index contributed by atoms with van der Waals surface area (Å²) in [6.07, 6.45) is 1.84. The molecule has 20 heavy (non-hydrogen) atoms. The van der Waals surface area contributed by atoms with Crippen molar-refractivity contribution in [1.29, 1.82) is 0 Å². The normalized spacial score (nSPS) is 25.1. The molecule has 0 bridgehead atoms. The molecule has 0 spiro atoms. The molecule has 0 amide bonds. The van der Waals surface area contributed by atoms with Gasteiger partial charge in [0.25, 0.3) is 0 Å². The first-order valence-corrected chi connectivity index (χ1v) is 7.69. The van der Waals surface area contributed by atoms with E-state index in [1.54, 1.807) is 0 Å². The average Bonchev–Trinajstić information content (AvgIpc) is 2.79. The van der Waals surface area contributed by atoms with Gasteiger partial charge in [-0.05, 0) is 39.4 Å². The highest BCUT2D eigenvalue weighted by molar-refractivity contribution is 5.75. The van der Waals surface area contributed by atoms with Crippen LogP contribution in [0.5, 0.6) is 0 Å². The van der Waals surface area contributed by atoms with Crippen molar-refractivity contribution in [2.24, 2.45) is 5.92 Å². The topological polar surface area (TPSA) is 44.8 Å². The highest BCUT2D eigenvalue weighted by Crippen LogP contribution is 2.20. The first-order valence-electron chi connectivity index (χ1n) is 7.69. The van der Waals surface area contributed by atoms with Crippen molar-refractivity contribution in [3.63, 3.8) is 0 Å². The molecule has 0 saturated carbocycles. The summed E-state index contributed by atoms with van der Waals surface area (Å²) in [7, 11) is 5.75. The quantitative estimate of drug-likeness (QED) is 0.668. The maximum atomic E-state index is 11.7. The standard InChI is InChI=1S/C15H31N3O2/c1-6-8-16-13(15(19)20-5)7-9-18-10-12(2)14(11-18)17(3)4/h12-14,16H,6-11H2,1-5H3. The van der Waals surface area contributed by atoms with Crippen LogP contribution in [-0.2, 0) is 9.53 Å². The molecule has 0 radical (unpaired) electrons. The van der Waals surface area contributed by atoms with Crippen molar-refractivity contribution in [2.45, 2.75) is 38.8 Å². The minimum atomic E-state index is -0.173. The molecule has 5 nitrogen and oxygen atoms in total. The Bertz CT molecular complexity index is 297. The number of nitrogens with zero attached hydrogens (tertiary/aromatic N) is 2. The minimum Gasteiger partial charge on any atom is -0.468 e. The Morgan fingerprint density at radius 1 is 1.45 bits per heavy atom. The summed E-state index contributed by atoms with van der Waals surface area (Å²) >= 11 is 0. The van der Waals surface area contributed by atoms with Gasteiger partial charge >= 0.3 is 5.97 Å². The molecule has 1 N–H and O–H groups in total. The Balaban J connectivity index is 2.41. The van der Waals surface area contributed by atoms with Gasteiger partial charge in [0.2, 0.25) is 0 Å². The Labute approximate surface area is 123 Å². The second-order valence-corrected chi connectivity index (χ2v) is 6.09. The summed E-state index contributed by atoms with van der Waals surface area (Å²) in [6.45, 7) is 8.42. The maximum absolute atomic E-state index is 11.7. The lowest BCUT2D eigenvalue weighted by Crippen LogP contribution is -2.41. The van der Waals surface area contributed by atoms with Crippen molar-refractivity contribution in [3.05, 3.63) is 0 Å². The van der Waals surface area contributed by atoms with Gasteiger partial charge in [0, 0.05) is 25.7 Å². The number of rotatable bonds is 8. The third-order valence-corrected chi connectivity index (χ3v) is 4.17. The van der Waals surface area contributed by atoms with E-state index in [0.717, 1.165) is 39.0 Å². The van der Waals surface area contributed by atoms with Gasteiger partial charge in [-0.1, -0.05) is 13.8 Å². The molecule has 1 saturated heterocycles. The summed E-state index contributed by atoms with van der Waals surface area (Å²) in [4.78, 5) is 16.5. The van der Waals surface area contributed by atoms with Crippen LogP contribution in [0.1, 0.15) is 26.7 Å². The van der Waals surface area contributed by atoms with E-state index in [9.17, 15) is 4.79 Å². The summed E-state index contributed by atoms with van der Waals surface area (Å²) in [5.74, 6) is 0.542. The number of methoxy groups -OCH3 is 1. The van der Waals surface area contributed by atoms with E-state index in [2.05, 4.69) is 43.1 Å². The van der Waals surface area contributed by atoms with E-state index in [1.807, 2.05) is 0 Å². The molecule has 1 aliphatic rings. The summed E-state index contributed by atoms with van der Waals surface area (Å²) < 4.78 is 4.88. The molecular formula is C15H31N3O2. The molecule has 1 aliphatic heterocycles. The fraction of sp³-hybridized carbons (Fsp3) is 0.933. The number of ether oxygens (including phenoxy) is 1. The van der Waals surface area contributed by atoms with Gasteiger partial charge in [-0.3, -0.25) is 4.79 Å². The van der Waals surface area contributed by atoms with Gasteiger partial charge in [0.05, 0.1) is 7.11 Å². The van der Waals surface area contributed by atoms with Crippen LogP contribution in [0.25, 0.3) is 0 Å². The zero-order valence-corrected chi connectivity index (χ0v) is 13.7. The third-order valence-electron chi connectivity index (χ3n) is 4.17. The fourth-order valence-corrected chi connectivity index (χ4v) is 2.98. The molecular weight excluding hydrogens is 254 g/mol. The third kappa shape index (κ3) is 5.04. The van der Waals surface area contributed by atoms with Gasteiger partial charge in [-0.25, -0.2) is 0 Å². The SMILES string of the molecule is CCCNC(CCN1CC(C)C(N(C)C)C1)C(=O)OC. The minimum absolute atomic E-state index is 0.144. The molecule has 0 aromatic heterocycles.